The van der Waals surface area contributed by atoms with E-state index >= 15 is 0 Å². The van der Waals surface area contributed by atoms with Crippen LogP contribution in [0, 0.1) is 14.4 Å². The summed E-state index contributed by atoms with van der Waals surface area (Å²) in [5, 5.41) is 14.0. The third-order valence-electron chi connectivity index (χ3n) is 0.637. The van der Waals surface area contributed by atoms with E-state index in [1.165, 1.54) is 0 Å². The number of aliphatic hydroxyl groups excluding tert-OH is 2. The van der Waals surface area contributed by atoms with Crippen LogP contribution in [-0.2, 0) is 26.5 Å². The van der Waals surface area contributed by atoms with Gasteiger partial charge in [-0.3, -0.25) is 0 Å². The van der Waals surface area contributed by atoms with Crippen LogP contribution in [-0.4, -0.2) is 37.6 Å². The van der Waals surface area contributed by atoms with E-state index in [1.54, 1.807) is 0 Å². The van der Waals surface area contributed by atoms with E-state index < -0.39 is 0 Å². The van der Waals surface area contributed by atoms with E-state index in [1.807, 2.05) is 6.92 Å². The van der Waals surface area contributed by atoms with Crippen molar-refractivity contribution in [1.29, 1.82) is 0 Å². The van der Waals surface area contributed by atoms with Crippen LogP contribution in [0.4, 0.5) is 0 Å². The van der Waals surface area contributed by atoms with Crippen LogP contribution in [0.2, 0.25) is 0 Å². The molecule has 2 N–H and O–H groups in total. The van der Waals surface area contributed by atoms with Gasteiger partial charge in [-0.2, -0.15) is 6.42 Å². The average molecular weight is 240 g/mol. The fourth-order valence-corrected chi connectivity index (χ4v) is 0.348. The van der Waals surface area contributed by atoms with Crippen LogP contribution in [0.1, 0.15) is 13.3 Å². The van der Waals surface area contributed by atoms with Gasteiger partial charge in [-0.05, 0) is 6.92 Å². The molecule has 0 rings (SSSR count). The van der Waals surface area contributed by atoms with E-state index in [0.29, 0.717) is 6.61 Å². The Bertz CT molecular complexity index is 77.8. The van der Waals surface area contributed by atoms with Crippen molar-refractivity contribution in [3.05, 3.63) is 26.5 Å². The summed E-state index contributed by atoms with van der Waals surface area (Å²) in [6.45, 7) is 10.7. The molecule has 0 atom stereocenters. The molecule has 0 unspecified atom stereocenters. The number of aliphatic hydroxyl groups is 2. The van der Waals surface area contributed by atoms with Gasteiger partial charge in [-0.15, -0.1) is 0 Å². The van der Waals surface area contributed by atoms with E-state index in [2.05, 4.69) is 13.5 Å². The Hall–Kier alpha value is 0.334. The molecule has 0 saturated heterocycles. The van der Waals surface area contributed by atoms with Gasteiger partial charge in [0.05, 0.1) is 6.61 Å². The van der Waals surface area contributed by atoms with Crippen molar-refractivity contribution < 1.29 is 36.7 Å². The van der Waals surface area contributed by atoms with Gasteiger partial charge in [0, 0.05) is 20.8 Å². The van der Waals surface area contributed by atoms with Gasteiger partial charge < -0.3 is 29.3 Å². The Morgan fingerprint density at radius 3 is 1.86 bits per heavy atom. The maximum Gasteiger partial charge on any atom is 2.00 e. The second-order valence-electron chi connectivity index (χ2n) is 1.86. The molecule has 0 aliphatic heterocycles. The molecule has 0 spiro atoms. The van der Waals surface area contributed by atoms with Crippen molar-refractivity contribution in [1.82, 2.24) is 0 Å². The largest absolute Gasteiger partial charge is 2.00 e. The molecule has 0 heterocycles. The summed E-state index contributed by atoms with van der Waals surface area (Å²) in [5.74, 6) is 0. The molecule has 0 saturated carbocycles. The fraction of sp³-hybridized carbons (Fsp3) is 0.600. The van der Waals surface area contributed by atoms with Gasteiger partial charge in [0.1, 0.15) is 0 Å². The van der Waals surface area contributed by atoms with Crippen molar-refractivity contribution in [3.63, 3.8) is 0 Å². The van der Waals surface area contributed by atoms with Crippen molar-refractivity contribution in [2.45, 2.75) is 13.3 Å². The Balaban J connectivity index is -0.0000000400. The quantitative estimate of drug-likeness (QED) is 0.338. The van der Waals surface area contributed by atoms with Gasteiger partial charge in [0.15, 0.2) is 0 Å². The van der Waals surface area contributed by atoms with E-state index in [9.17, 15) is 0 Å². The topological polar surface area (TPSA) is 49.7 Å². The van der Waals surface area contributed by atoms with Crippen LogP contribution in [0.25, 0.3) is 0 Å². The van der Waals surface area contributed by atoms with Gasteiger partial charge in [0.2, 0.25) is 0 Å². The molecule has 0 aromatic carbocycles. The molecule has 0 fully saturated rings. The second-order valence-corrected chi connectivity index (χ2v) is 1.86. The number of hydrogen-bond donors (Lipinski definition) is 2. The van der Waals surface area contributed by atoms with Crippen LogP contribution in [0.3, 0.4) is 0 Å². The monoisotopic (exact) mass is 240 g/mol. The standard InChI is InChI=1S/C7H13O.2CH4O.CH3.Ti/c1-4-5-8-6-7(2)3;2*1-2;;/h1-2,4-6H2,3H3;2*2H,1H3;1H3;/q-1;;;-1;+2. The van der Waals surface area contributed by atoms with Crippen LogP contribution >= 0.6 is 0 Å². The molecule has 3 nitrogen and oxygen atoms in total. The molecule has 86 valence electrons. The number of ether oxygens (including phenoxy) is 1. The summed E-state index contributed by atoms with van der Waals surface area (Å²) < 4.78 is 5.08. The van der Waals surface area contributed by atoms with E-state index in [0.717, 1.165) is 32.8 Å². The maximum atomic E-state index is 7.00. The summed E-state index contributed by atoms with van der Waals surface area (Å²) in [6, 6.07) is 0. The minimum absolute atomic E-state index is 0. The Kier molecular flexibility index (Phi) is 78.8. The zero-order valence-corrected chi connectivity index (χ0v) is 11.4. The molecular weight excluding hydrogens is 216 g/mol. The van der Waals surface area contributed by atoms with Crippen molar-refractivity contribution in [2.24, 2.45) is 0 Å². The molecular formula is C10H24O3Ti. The first-order valence-corrected chi connectivity index (χ1v) is 3.68. The molecule has 0 radical (unpaired) electrons. The Morgan fingerprint density at radius 2 is 1.64 bits per heavy atom. The maximum absolute atomic E-state index is 7.00. The fourth-order valence-electron chi connectivity index (χ4n) is 0.348. The molecule has 0 aromatic heterocycles. The van der Waals surface area contributed by atoms with Crippen molar-refractivity contribution >= 4 is 0 Å². The number of rotatable bonds is 4. The second kappa shape index (κ2) is 37.7. The first kappa shape index (κ1) is 29.3. The normalized spacial score (nSPS) is 6.14. The summed E-state index contributed by atoms with van der Waals surface area (Å²) in [6.07, 6.45) is 0.841. The summed E-state index contributed by atoms with van der Waals surface area (Å²) in [5.41, 5.74) is 1.07. The Morgan fingerprint density at radius 1 is 1.29 bits per heavy atom. The predicted molar refractivity (Wildman–Crippen MR) is 58.3 cm³/mol. The van der Waals surface area contributed by atoms with Gasteiger partial charge >= 0.3 is 21.7 Å². The predicted octanol–water partition coefficient (Wildman–Crippen LogP) is 1.47. The Labute approximate surface area is 104 Å². The third kappa shape index (κ3) is 55.7. The SMILES string of the molecule is C=C(C)COCC[CH2-].CO.CO.[CH3-].[Ti+2]. The van der Waals surface area contributed by atoms with E-state index in [4.69, 9.17) is 14.9 Å². The van der Waals surface area contributed by atoms with Gasteiger partial charge in [0.25, 0.3) is 0 Å². The molecule has 4 heteroatoms. The molecule has 0 aliphatic rings. The molecule has 0 amide bonds. The first-order chi connectivity index (χ1) is 5.77. The zero-order valence-electron chi connectivity index (χ0n) is 9.84. The molecule has 0 aromatic rings. The molecule has 0 bridgehead atoms. The van der Waals surface area contributed by atoms with E-state index in [-0.39, 0.29) is 29.1 Å². The molecule has 0 aliphatic carbocycles. The zero-order chi connectivity index (χ0) is 10.4. The van der Waals surface area contributed by atoms with Crippen LogP contribution in [0.15, 0.2) is 12.2 Å². The van der Waals surface area contributed by atoms with Gasteiger partial charge in [-0.1, -0.05) is 12.2 Å². The van der Waals surface area contributed by atoms with Crippen molar-refractivity contribution in [3.8, 4) is 0 Å². The van der Waals surface area contributed by atoms with Crippen LogP contribution in [0.5, 0.6) is 0 Å². The summed E-state index contributed by atoms with van der Waals surface area (Å²) in [7, 11) is 2.00. The summed E-state index contributed by atoms with van der Waals surface area (Å²) >= 11 is 0. The molecule has 14 heavy (non-hydrogen) atoms. The first-order valence-electron chi connectivity index (χ1n) is 3.68. The average Bonchev–Trinajstić information content (AvgIpc) is 2.12. The number of hydrogen-bond acceptors (Lipinski definition) is 3. The van der Waals surface area contributed by atoms with Crippen LogP contribution < -0.4 is 0 Å². The summed E-state index contributed by atoms with van der Waals surface area (Å²) in [4.78, 5) is 0. The minimum Gasteiger partial charge on any atom is -0.400 e. The minimum atomic E-state index is 0. The third-order valence-corrected chi connectivity index (χ3v) is 0.637. The van der Waals surface area contributed by atoms with Gasteiger partial charge in [-0.25, -0.2) is 0 Å². The van der Waals surface area contributed by atoms with Crippen molar-refractivity contribution in [2.75, 3.05) is 27.4 Å². The smallest absolute Gasteiger partial charge is 0.400 e.